The van der Waals surface area contributed by atoms with E-state index in [1.165, 1.54) is 11.1 Å². The second-order valence-corrected chi connectivity index (χ2v) is 12.4. The zero-order chi connectivity index (χ0) is 31.3. The summed E-state index contributed by atoms with van der Waals surface area (Å²) in [4.78, 5) is 15.9. The molecular formula is C35H46N4O5. The third-order valence-electron chi connectivity index (χ3n) is 9.05. The number of phenolic OH excluding ortho intramolecular Hbond substituents is 1. The fraction of sp³-hybridized carbons (Fsp3) is 0.457. The average molecular weight is 603 g/mol. The van der Waals surface area contributed by atoms with Gasteiger partial charge < -0.3 is 41.1 Å². The van der Waals surface area contributed by atoms with Crippen LogP contribution in [0.2, 0.25) is 0 Å². The summed E-state index contributed by atoms with van der Waals surface area (Å²) < 4.78 is 8.00. The highest BCUT2D eigenvalue weighted by Crippen LogP contribution is 2.49. The lowest BCUT2D eigenvalue weighted by atomic mass is 9.73. The molecule has 1 fully saturated rings. The Balaban J connectivity index is 1.25. The Hall–Kier alpha value is -3.63. The lowest BCUT2D eigenvalue weighted by Crippen LogP contribution is -2.25. The number of aryl methyl sites for hydroxylation is 1. The Labute approximate surface area is 258 Å². The van der Waals surface area contributed by atoms with Gasteiger partial charge in [0.15, 0.2) is 18.2 Å². The average Bonchev–Trinajstić information content (AvgIpc) is 3.73. The van der Waals surface area contributed by atoms with Crippen LogP contribution in [-0.2, 0) is 23.4 Å². The van der Waals surface area contributed by atoms with Crippen LogP contribution in [0.3, 0.4) is 0 Å². The van der Waals surface area contributed by atoms with Gasteiger partial charge in [0, 0.05) is 42.2 Å². The highest BCUT2D eigenvalue weighted by atomic mass is 16.5. The lowest BCUT2D eigenvalue weighted by Gasteiger charge is -2.30. The summed E-state index contributed by atoms with van der Waals surface area (Å²) in [5.41, 5.74) is 17.2. The fourth-order valence-corrected chi connectivity index (χ4v) is 6.74. The number of benzene rings is 2. The molecule has 2 atom stereocenters. The number of H-pyrrole nitrogens is 1. The molecule has 1 aliphatic carbocycles. The Kier molecular flexibility index (Phi) is 10.1. The van der Waals surface area contributed by atoms with Crippen LogP contribution < -0.4 is 16.2 Å². The Bertz CT molecular complexity index is 1550. The van der Waals surface area contributed by atoms with E-state index >= 15 is 0 Å². The number of fused-ring (bicyclic) bond motifs is 1. The zero-order valence-electron chi connectivity index (χ0n) is 25.5. The molecule has 5 rings (SSSR count). The van der Waals surface area contributed by atoms with Crippen LogP contribution in [0, 0.1) is 0 Å². The van der Waals surface area contributed by atoms with Gasteiger partial charge in [-0.05, 0) is 66.5 Å². The van der Waals surface area contributed by atoms with Gasteiger partial charge in [-0.1, -0.05) is 56.5 Å². The molecule has 0 amide bonds. The van der Waals surface area contributed by atoms with E-state index in [4.69, 9.17) is 16.2 Å². The molecule has 2 heterocycles. The molecule has 9 nitrogen and oxygen atoms in total. The number of nitrogens with zero attached hydrogens (tertiary/aromatic N) is 1. The van der Waals surface area contributed by atoms with Crippen molar-refractivity contribution in [3.8, 4) is 11.5 Å². The lowest BCUT2D eigenvalue weighted by molar-refractivity contribution is -0.121. The highest BCUT2D eigenvalue weighted by molar-refractivity contribution is 5.85. The van der Waals surface area contributed by atoms with Crippen LogP contribution in [0.25, 0.3) is 10.9 Å². The molecule has 236 valence electrons. The third kappa shape index (κ3) is 7.18. The van der Waals surface area contributed by atoms with Crippen LogP contribution in [0.5, 0.6) is 11.5 Å². The number of hydrogen-bond donors (Lipinski definition) is 6. The highest BCUT2D eigenvalue weighted by Gasteiger charge is 2.39. The van der Waals surface area contributed by atoms with E-state index in [0.717, 1.165) is 54.1 Å². The molecular weight excluding hydrogens is 556 g/mol. The smallest absolute Gasteiger partial charge is 0.165 e. The number of ether oxygens (including phenoxy) is 1. The summed E-state index contributed by atoms with van der Waals surface area (Å²) in [7, 11) is 0. The van der Waals surface area contributed by atoms with Crippen LogP contribution in [-0.4, -0.2) is 42.9 Å². The molecule has 0 spiro atoms. The first kappa shape index (κ1) is 31.8. The minimum absolute atomic E-state index is 0.0261. The van der Waals surface area contributed by atoms with Crippen LogP contribution in [0.15, 0.2) is 61.1 Å². The van der Waals surface area contributed by atoms with E-state index in [2.05, 4.69) is 29.5 Å². The van der Waals surface area contributed by atoms with Crippen molar-refractivity contribution in [2.75, 3.05) is 0 Å². The van der Waals surface area contributed by atoms with Gasteiger partial charge in [-0.15, -0.1) is 0 Å². The zero-order valence-corrected chi connectivity index (χ0v) is 25.5. The topological polar surface area (TPSA) is 160 Å². The number of aliphatic hydroxyl groups is 2. The first-order valence-electron chi connectivity index (χ1n) is 15.8. The molecule has 2 aromatic carbocycles. The predicted molar refractivity (Wildman–Crippen MR) is 171 cm³/mol. The molecule has 4 aromatic rings. The Morgan fingerprint density at radius 3 is 2.64 bits per heavy atom. The van der Waals surface area contributed by atoms with Crippen molar-refractivity contribution in [1.82, 2.24) is 9.55 Å². The fourth-order valence-electron chi connectivity index (χ4n) is 6.74. The van der Waals surface area contributed by atoms with Gasteiger partial charge >= 0.3 is 0 Å². The standard InChI is InChI=1S/C35H46N4O5/c1-2-6-26(40)17-28(42)18-27(41)11-9-23-10-12-32(43)33(15-23)44-22-39-20-29-30(19-38-31(29)21-39)35(13-3-4-14-35)25-8-5-7-24(16-25)34(36)37/h5,7-8,10,12,15-16,19-21,26,28,34,38,40,42-43H,2-4,6,9,11,13-14,17-18,22,36-37H2,1H3/t26-,28+/m0/s1. The largest absolute Gasteiger partial charge is 0.504 e. The second-order valence-electron chi connectivity index (χ2n) is 12.4. The van der Waals surface area contributed by atoms with Crippen molar-refractivity contribution >= 4 is 16.7 Å². The van der Waals surface area contributed by atoms with Crippen molar-refractivity contribution in [2.24, 2.45) is 11.5 Å². The predicted octanol–water partition coefficient (Wildman–Crippen LogP) is 5.29. The van der Waals surface area contributed by atoms with Gasteiger partial charge in [-0.25, -0.2) is 0 Å². The van der Waals surface area contributed by atoms with Gasteiger partial charge in [0.1, 0.15) is 5.78 Å². The molecule has 1 saturated carbocycles. The molecule has 0 unspecified atom stereocenters. The van der Waals surface area contributed by atoms with Crippen molar-refractivity contribution in [3.63, 3.8) is 0 Å². The van der Waals surface area contributed by atoms with E-state index in [-0.39, 0.29) is 42.9 Å². The number of hydrogen-bond acceptors (Lipinski definition) is 7. The monoisotopic (exact) mass is 602 g/mol. The summed E-state index contributed by atoms with van der Waals surface area (Å²) in [5, 5.41) is 31.6. The number of ketones is 1. The number of aliphatic hydroxyl groups excluding tert-OH is 2. The normalized spacial score (nSPS) is 16.0. The number of Topliss-reactive ketones (excluding diaryl/α,β-unsaturated/α-hetero) is 1. The second kappa shape index (κ2) is 14.0. The first-order chi connectivity index (χ1) is 21.2. The third-order valence-corrected chi connectivity index (χ3v) is 9.05. The molecule has 0 aliphatic heterocycles. The summed E-state index contributed by atoms with van der Waals surface area (Å²) in [6.07, 6.45) is 11.1. The van der Waals surface area contributed by atoms with Gasteiger partial charge in [0.25, 0.3) is 0 Å². The number of phenols is 1. The number of aromatic nitrogens is 2. The van der Waals surface area contributed by atoms with Crippen molar-refractivity contribution in [2.45, 2.75) is 102 Å². The van der Waals surface area contributed by atoms with Crippen molar-refractivity contribution in [1.29, 1.82) is 0 Å². The Morgan fingerprint density at radius 2 is 1.89 bits per heavy atom. The molecule has 0 radical (unpaired) electrons. The van der Waals surface area contributed by atoms with E-state index in [1.807, 2.05) is 29.8 Å². The molecule has 8 N–H and O–H groups in total. The summed E-state index contributed by atoms with van der Waals surface area (Å²) in [5.74, 6) is 0.312. The van der Waals surface area contributed by atoms with E-state index in [1.54, 1.807) is 18.2 Å². The van der Waals surface area contributed by atoms with Gasteiger partial charge in [0.05, 0.1) is 23.9 Å². The maximum absolute atomic E-state index is 12.4. The van der Waals surface area contributed by atoms with Gasteiger partial charge in [0.2, 0.25) is 0 Å². The Morgan fingerprint density at radius 1 is 1.09 bits per heavy atom. The molecule has 9 heteroatoms. The number of carbonyl (C=O) groups is 1. The number of carbonyl (C=O) groups excluding carboxylic acids is 1. The van der Waals surface area contributed by atoms with Crippen LogP contribution in [0.1, 0.15) is 93.1 Å². The summed E-state index contributed by atoms with van der Waals surface area (Å²) >= 11 is 0. The molecule has 0 saturated heterocycles. The van der Waals surface area contributed by atoms with Crippen LogP contribution in [0.4, 0.5) is 0 Å². The number of rotatable bonds is 15. The van der Waals surface area contributed by atoms with E-state index < -0.39 is 18.4 Å². The SMILES string of the molecule is CCC[C@H](O)C[C@@H](O)CC(=O)CCc1ccc(O)c(OCn2cc3[nH]cc(C4(c5cccc(C(N)N)c5)CCCC4)c3c2)c1. The first-order valence-corrected chi connectivity index (χ1v) is 15.8. The molecule has 1 aliphatic rings. The number of nitrogens with two attached hydrogens (primary N) is 2. The van der Waals surface area contributed by atoms with E-state index in [9.17, 15) is 20.1 Å². The minimum atomic E-state index is -0.839. The molecule has 0 bridgehead atoms. The quantitative estimate of drug-likeness (QED) is 0.101. The number of aromatic hydroxyl groups is 1. The maximum Gasteiger partial charge on any atom is 0.165 e. The van der Waals surface area contributed by atoms with Crippen LogP contribution >= 0.6 is 0 Å². The minimum Gasteiger partial charge on any atom is -0.504 e. The van der Waals surface area contributed by atoms with Gasteiger partial charge in [-0.2, -0.15) is 0 Å². The maximum atomic E-state index is 12.4. The number of nitrogens with one attached hydrogen (secondary N) is 1. The molecule has 2 aromatic heterocycles. The summed E-state index contributed by atoms with van der Waals surface area (Å²) in [6, 6.07) is 13.5. The summed E-state index contributed by atoms with van der Waals surface area (Å²) in [6.45, 7) is 2.17. The van der Waals surface area contributed by atoms with Gasteiger partial charge in [-0.3, -0.25) is 4.79 Å². The van der Waals surface area contributed by atoms with Crippen molar-refractivity contribution < 1.29 is 24.9 Å². The van der Waals surface area contributed by atoms with E-state index in [0.29, 0.717) is 18.6 Å². The van der Waals surface area contributed by atoms with Crippen molar-refractivity contribution in [3.05, 3.63) is 83.3 Å². The molecule has 44 heavy (non-hydrogen) atoms. The number of aromatic amines is 1.